The summed E-state index contributed by atoms with van der Waals surface area (Å²) in [5.74, 6) is 0.727. The number of aromatic nitrogens is 1. The number of benzene rings is 2. The highest BCUT2D eigenvalue weighted by molar-refractivity contribution is 5.72. The summed E-state index contributed by atoms with van der Waals surface area (Å²) in [6.45, 7) is 3.12. The van der Waals surface area contributed by atoms with Crippen LogP contribution in [0.2, 0.25) is 0 Å². The lowest BCUT2D eigenvalue weighted by Crippen LogP contribution is -2.36. The Morgan fingerprint density at radius 3 is 2.62 bits per heavy atom. The Labute approximate surface area is 153 Å². The quantitative estimate of drug-likeness (QED) is 0.726. The molecular weight excluding hydrogens is 328 g/mol. The van der Waals surface area contributed by atoms with Crippen LogP contribution in [0, 0.1) is 0 Å². The van der Waals surface area contributed by atoms with Crippen LogP contribution < -0.4 is 4.74 Å². The van der Waals surface area contributed by atoms with Crippen molar-refractivity contribution in [3.63, 3.8) is 0 Å². The third-order valence-corrected chi connectivity index (χ3v) is 4.90. The van der Waals surface area contributed by atoms with E-state index < -0.39 is 0 Å². The van der Waals surface area contributed by atoms with Crippen molar-refractivity contribution in [2.75, 3.05) is 19.6 Å². The van der Waals surface area contributed by atoms with Crippen LogP contribution >= 0.6 is 0 Å². The molecule has 0 bridgehead atoms. The summed E-state index contributed by atoms with van der Waals surface area (Å²) in [7, 11) is 0. The van der Waals surface area contributed by atoms with E-state index in [-0.39, 0.29) is 12.2 Å². The van der Waals surface area contributed by atoms with Crippen molar-refractivity contribution in [3.8, 4) is 11.8 Å². The van der Waals surface area contributed by atoms with Crippen LogP contribution in [-0.2, 0) is 6.42 Å². The maximum absolute atomic E-state index is 9.55. The Bertz CT molecular complexity index is 803. The molecule has 1 aliphatic heterocycles. The Morgan fingerprint density at radius 1 is 1.08 bits per heavy atom. The molecule has 0 radical (unpaired) electrons. The molecule has 0 spiro atoms. The largest absolute Gasteiger partial charge is 0.411 e. The van der Waals surface area contributed by atoms with Gasteiger partial charge in [0.25, 0.3) is 0 Å². The molecule has 0 unspecified atom stereocenters. The fraction of sp³-hybridized carbons (Fsp3) is 0.381. The Balaban J connectivity index is 1.28. The number of para-hydroxylation sites is 2. The van der Waals surface area contributed by atoms with E-state index in [1.807, 2.05) is 36.4 Å². The normalized spacial score (nSPS) is 16.2. The average molecular weight is 352 g/mol. The third-order valence-electron chi connectivity index (χ3n) is 4.90. The number of oxazole rings is 1. The van der Waals surface area contributed by atoms with Crippen molar-refractivity contribution < 1.29 is 14.3 Å². The van der Waals surface area contributed by atoms with Crippen molar-refractivity contribution in [1.82, 2.24) is 9.88 Å². The Hall–Kier alpha value is -2.37. The lowest BCUT2D eigenvalue weighted by molar-refractivity contribution is 0.0821. The van der Waals surface area contributed by atoms with E-state index >= 15 is 0 Å². The lowest BCUT2D eigenvalue weighted by Gasteiger charge is -2.29. The number of aliphatic hydroxyl groups excluding tert-OH is 1. The van der Waals surface area contributed by atoms with Gasteiger partial charge in [0, 0.05) is 13.1 Å². The van der Waals surface area contributed by atoms with Gasteiger partial charge in [0.15, 0.2) is 5.58 Å². The zero-order valence-corrected chi connectivity index (χ0v) is 14.8. The molecule has 1 aliphatic rings. The molecule has 0 saturated carbocycles. The number of fused-ring (bicyclic) bond motifs is 1. The maximum Gasteiger partial charge on any atom is 0.400 e. The third kappa shape index (κ3) is 4.23. The minimum absolute atomic E-state index is 0.0972. The van der Waals surface area contributed by atoms with Gasteiger partial charge in [-0.3, -0.25) is 0 Å². The van der Waals surface area contributed by atoms with Crippen LogP contribution in [0.15, 0.2) is 52.9 Å². The predicted molar refractivity (Wildman–Crippen MR) is 101 cm³/mol. The van der Waals surface area contributed by atoms with Gasteiger partial charge in [-0.05, 0) is 62.1 Å². The molecule has 1 aromatic heterocycles. The van der Waals surface area contributed by atoms with Crippen LogP contribution in [0.3, 0.4) is 0 Å². The molecule has 5 nitrogen and oxygen atoms in total. The minimum atomic E-state index is -0.0972. The molecule has 0 atom stereocenters. The van der Waals surface area contributed by atoms with Crippen LogP contribution in [0.1, 0.15) is 24.8 Å². The summed E-state index contributed by atoms with van der Waals surface area (Å²) in [4.78, 5) is 6.77. The molecule has 4 rings (SSSR count). The van der Waals surface area contributed by atoms with E-state index in [1.165, 1.54) is 5.56 Å². The van der Waals surface area contributed by atoms with E-state index in [0.717, 1.165) is 62.2 Å². The van der Waals surface area contributed by atoms with Gasteiger partial charge in [0.2, 0.25) is 0 Å². The van der Waals surface area contributed by atoms with E-state index in [4.69, 9.17) is 9.15 Å². The van der Waals surface area contributed by atoms with Crippen molar-refractivity contribution >= 4 is 11.1 Å². The van der Waals surface area contributed by atoms with Gasteiger partial charge in [0.1, 0.15) is 11.3 Å². The zero-order valence-electron chi connectivity index (χ0n) is 14.8. The lowest BCUT2D eigenvalue weighted by atomic mass is 10.1. The molecule has 1 N–H and O–H groups in total. The second-order valence-corrected chi connectivity index (χ2v) is 6.87. The van der Waals surface area contributed by atoms with Crippen molar-refractivity contribution in [2.45, 2.75) is 31.8 Å². The first-order chi connectivity index (χ1) is 12.8. The first kappa shape index (κ1) is 17.1. The van der Waals surface area contributed by atoms with E-state index in [0.29, 0.717) is 0 Å². The summed E-state index contributed by atoms with van der Waals surface area (Å²) in [6.07, 6.45) is 4.15. The Morgan fingerprint density at radius 2 is 1.85 bits per heavy atom. The van der Waals surface area contributed by atoms with Gasteiger partial charge < -0.3 is 19.2 Å². The summed E-state index contributed by atoms with van der Waals surface area (Å²) in [5, 5.41) is 9.55. The smallest absolute Gasteiger partial charge is 0.400 e. The second-order valence-electron chi connectivity index (χ2n) is 6.87. The Kier molecular flexibility index (Phi) is 5.18. The number of likely N-dealkylation sites (tertiary alicyclic amines) is 1. The van der Waals surface area contributed by atoms with Gasteiger partial charge in [-0.2, -0.15) is 4.98 Å². The zero-order chi connectivity index (χ0) is 17.8. The van der Waals surface area contributed by atoms with Crippen molar-refractivity contribution in [3.05, 3.63) is 54.1 Å². The maximum atomic E-state index is 9.55. The number of nitrogens with zero attached hydrogens (tertiary/aromatic N) is 2. The molecule has 3 aromatic rings. The summed E-state index contributed by atoms with van der Waals surface area (Å²) >= 11 is 0. The van der Waals surface area contributed by atoms with Gasteiger partial charge >= 0.3 is 6.08 Å². The van der Waals surface area contributed by atoms with E-state index in [1.54, 1.807) is 0 Å². The SMILES string of the molecule is OC1CCN(CCCc2ccc(Oc3nc4ccccc4o3)cc2)CC1. The molecule has 0 aliphatic carbocycles. The molecule has 2 aromatic carbocycles. The minimum Gasteiger partial charge on any atom is -0.411 e. The van der Waals surface area contributed by atoms with E-state index in [9.17, 15) is 5.11 Å². The predicted octanol–water partition coefficient (Wildman–Crippen LogP) is 4.01. The van der Waals surface area contributed by atoms with Crippen LogP contribution in [-0.4, -0.2) is 40.7 Å². The molecule has 5 heteroatoms. The molecular formula is C21H24N2O3. The highest BCUT2D eigenvalue weighted by Gasteiger charge is 2.16. The van der Waals surface area contributed by atoms with Gasteiger partial charge in [-0.25, -0.2) is 0 Å². The van der Waals surface area contributed by atoms with Crippen molar-refractivity contribution in [2.24, 2.45) is 0 Å². The van der Waals surface area contributed by atoms with Crippen molar-refractivity contribution in [1.29, 1.82) is 0 Å². The molecule has 26 heavy (non-hydrogen) atoms. The summed E-state index contributed by atoms with van der Waals surface area (Å²) < 4.78 is 11.3. The molecule has 1 saturated heterocycles. The topological polar surface area (TPSA) is 58.7 Å². The number of aliphatic hydroxyl groups is 1. The number of hydrogen-bond donors (Lipinski definition) is 1. The fourth-order valence-electron chi connectivity index (χ4n) is 3.37. The van der Waals surface area contributed by atoms with Gasteiger partial charge in [0.05, 0.1) is 6.10 Å². The number of piperidine rings is 1. The number of rotatable bonds is 6. The first-order valence-electron chi connectivity index (χ1n) is 9.29. The monoisotopic (exact) mass is 352 g/mol. The van der Waals surface area contributed by atoms with Crippen LogP contribution in [0.5, 0.6) is 11.8 Å². The number of hydrogen-bond acceptors (Lipinski definition) is 5. The number of ether oxygens (including phenoxy) is 1. The van der Waals surface area contributed by atoms with Crippen LogP contribution in [0.25, 0.3) is 11.1 Å². The fourth-order valence-corrected chi connectivity index (χ4v) is 3.37. The molecule has 0 amide bonds. The average Bonchev–Trinajstić information content (AvgIpc) is 3.07. The highest BCUT2D eigenvalue weighted by atomic mass is 16.6. The first-order valence-corrected chi connectivity index (χ1v) is 9.29. The van der Waals surface area contributed by atoms with E-state index in [2.05, 4.69) is 22.0 Å². The summed E-state index contributed by atoms with van der Waals surface area (Å²) in [5.41, 5.74) is 2.82. The molecule has 136 valence electrons. The second kappa shape index (κ2) is 7.89. The number of aryl methyl sites for hydroxylation is 1. The summed E-state index contributed by atoms with van der Waals surface area (Å²) in [6, 6.07) is 15.7. The molecule has 1 fully saturated rings. The highest BCUT2D eigenvalue weighted by Crippen LogP contribution is 2.25. The molecule has 2 heterocycles. The van der Waals surface area contributed by atoms with Gasteiger partial charge in [-0.15, -0.1) is 0 Å². The standard InChI is InChI=1S/C21H24N2O3/c24-17-11-14-23(15-12-17)13-3-4-16-7-9-18(10-8-16)25-21-22-19-5-1-2-6-20(19)26-21/h1-2,5-10,17,24H,3-4,11-15H2. The van der Waals surface area contributed by atoms with Crippen LogP contribution in [0.4, 0.5) is 0 Å². The van der Waals surface area contributed by atoms with Gasteiger partial charge in [-0.1, -0.05) is 24.3 Å².